The fourth-order valence-electron chi connectivity index (χ4n) is 3.46. The smallest absolute Gasteiger partial charge is 0.319 e. The van der Waals surface area contributed by atoms with Gasteiger partial charge in [-0.1, -0.05) is 18.2 Å². The zero-order valence-corrected chi connectivity index (χ0v) is 17.9. The molecule has 7 heteroatoms. The number of nitrogens with one attached hydrogen (secondary N) is 3. The molecule has 1 atom stereocenters. The minimum Gasteiger partial charge on any atom is -0.493 e. The maximum Gasteiger partial charge on any atom is 0.319 e. The first-order valence-corrected chi connectivity index (χ1v) is 9.82. The Morgan fingerprint density at radius 1 is 1.13 bits per heavy atom. The largest absolute Gasteiger partial charge is 0.493 e. The van der Waals surface area contributed by atoms with Crippen LogP contribution in [0.5, 0.6) is 11.5 Å². The Kier molecular flexibility index (Phi) is 6.30. The molecule has 1 heterocycles. The molecule has 3 amide bonds. The number of allylic oxidation sites excluding steroid dienone is 1. The number of methoxy groups -OCH3 is 1. The van der Waals surface area contributed by atoms with E-state index in [-0.39, 0.29) is 11.9 Å². The molecule has 1 unspecified atom stereocenters. The highest BCUT2D eigenvalue weighted by Crippen LogP contribution is 2.34. The van der Waals surface area contributed by atoms with Gasteiger partial charge in [-0.3, -0.25) is 4.79 Å². The molecule has 30 heavy (non-hydrogen) atoms. The quantitative estimate of drug-likeness (QED) is 0.673. The van der Waals surface area contributed by atoms with E-state index in [1.165, 1.54) is 0 Å². The van der Waals surface area contributed by atoms with E-state index >= 15 is 0 Å². The molecule has 7 nitrogen and oxygen atoms in total. The predicted molar refractivity (Wildman–Crippen MR) is 116 cm³/mol. The van der Waals surface area contributed by atoms with Gasteiger partial charge in [-0.15, -0.1) is 0 Å². The van der Waals surface area contributed by atoms with Gasteiger partial charge in [-0.2, -0.15) is 0 Å². The Hall–Kier alpha value is -3.48. The third kappa shape index (κ3) is 4.25. The van der Waals surface area contributed by atoms with Crippen molar-refractivity contribution in [2.75, 3.05) is 19.0 Å². The number of rotatable bonds is 6. The highest BCUT2D eigenvalue weighted by molar-refractivity contribution is 6.07. The summed E-state index contributed by atoms with van der Waals surface area (Å²) in [6.07, 6.45) is 0. The molecule has 0 radical (unpaired) electrons. The van der Waals surface area contributed by atoms with Crippen LogP contribution in [0.3, 0.4) is 0 Å². The molecule has 1 aliphatic rings. The summed E-state index contributed by atoms with van der Waals surface area (Å²) >= 11 is 0. The summed E-state index contributed by atoms with van der Waals surface area (Å²) in [5, 5.41) is 8.52. The number of ether oxygens (including phenoxy) is 2. The number of aryl methyl sites for hydroxylation is 1. The Balaban J connectivity index is 1.99. The summed E-state index contributed by atoms with van der Waals surface area (Å²) < 4.78 is 11.0. The van der Waals surface area contributed by atoms with Gasteiger partial charge in [0.05, 0.1) is 25.3 Å². The Bertz CT molecular complexity index is 1010. The van der Waals surface area contributed by atoms with Crippen LogP contribution in [0, 0.1) is 13.8 Å². The van der Waals surface area contributed by atoms with Crippen LogP contribution in [0.25, 0.3) is 0 Å². The van der Waals surface area contributed by atoms with Crippen LogP contribution in [-0.4, -0.2) is 25.7 Å². The van der Waals surface area contributed by atoms with Gasteiger partial charge in [0.2, 0.25) is 0 Å². The van der Waals surface area contributed by atoms with Crippen molar-refractivity contribution in [1.29, 1.82) is 0 Å². The lowest BCUT2D eigenvalue weighted by Gasteiger charge is -2.29. The van der Waals surface area contributed by atoms with E-state index in [0.717, 1.165) is 22.4 Å². The molecule has 0 spiro atoms. The van der Waals surface area contributed by atoms with Crippen molar-refractivity contribution in [3.8, 4) is 11.5 Å². The number of urea groups is 1. The molecule has 0 fully saturated rings. The van der Waals surface area contributed by atoms with Crippen molar-refractivity contribution in [1.82, 2.24) is 10.6 Å². The zero-order valence-electron chi connectivity index (χ0n) is 17.9. The van der Waals surface area contributed by atoms with Gasteiger partial charge in [-0.25, -0.2) is 4.79 Å². The minimum absolute atomic E-state index is 0.286. The number of hydrogen-bond acceptors (Lipinski definition) is 4. The van der Waals surface area contributed by atoms with Gasteiger partial charge >= 0.3 is 6.03 Å². The van der Waals surface area contributed by atoms with Crippen molar-refractivity contribution in [2.24, 2.45) is 0 Å². The van der Waals surface area contributed by atoms with Gasteiger partial charge in [0.25, 0.3) is 5.91 Å². The van der Waals surface area contributed by atoms with Crippen molar-refractivity contribution in [3.63, 3.8) is 0 Å². The van der Waals surface area contributed by atoms with Crippen molar-refractivity contribution < 1.29 is 19.1 Å². The number of anilines is 1. The second kappa shape index (κ2) is 8.90. The van der Waals surface area contributed by atoms with E-state index in [1.807, 2.05) is 45.0 Å². The monoisotopic (exact) mass is 409 g/mol. The molecule has 0 bridgehead atoms. The topological polar surface area (TPSA) is 88.7 Å². The lowest BCUT2D eigenvalue weighted by molar-refractivity contribution is -0.113. The van der Waals surface area contributed by atoms with Crippen LogP contribution >= 0.6 is 0 Å². The molecule has 3 N–H and O–H groups in total. The Morgan fingerprint density at radius 3 is 2.60 bits per heavy atom. The van der Waals surface area contributed by atoms with Gasteiger partial charge in [0.1, 0.15) is 0 Å². The van der Waals surface area contributed by atoms with Crippen LogP contribution in [0.4, 0.5) is 10.5 Å². The average molecular weight is 409 g/mol. The Morgan fingerprint density at radius 2 is 1.90 bits per heavy atom. The highest BCUT2D eigenvalue weighted by atomic mass is 16.5. The molecule has 0 aliphatic carbocycles. The first kappa shape index (κ1) is 21.2. The van der Waals surface area contributed by atoms with Gasteiger partial charge in [0, 0.05) is 11.4 Å². The van der Waals surface area contributed by atoms with Crippen LogP contribution in [0.2, 0.25) is 0 Å². The van der Waals surface area contributed by atoms with Crippen LogP contribution in [0.15, 0.2) is 47.7 Å². The maximum atomic E-state index is 13.2. The molecule has 3 rings (SSSR count). The summed E-state index contributed by atoms with van der Waals surface area (Å²) in [6, 6.07) is 10.1. The molecule has 0 aromatic heterocycles. The molecule has 1 aliphatic heterocycles. The molecule has 0 saturated carbocycles. The van der Waals surface area contributed by atoms with Gasteiger partial charge < -0.3 is 25.4 Å². The van der Waals surface area contributed by atoms with Crippen LogP contribution in [0.1, 0.15) is 36.6 Å². The first-order valence-electron chi connectivity index (χ1n) is 9.82. The van der Waals surface area contributed by atoms with Crippen LogP contribution in [-0.2, 0) is 4.79 Å². The average Bonchev–Trinajstić information content (AvgIpc) is 2.71. The zero-order chi connectivity index (χ0) is 21.8. The highest BCUT2D eigenvalue weighted by Gasteiger charge is 2.32. The van der Waals surface area contributed by atoms with Crippen molar-refractivity contribution >= 4 is 17.6 Å². The van der Waals surface area contributed by atoms with E-state index in [4.69, 9.17) is 9.47 Å². The normalized spacial score (nSPS) is 15.9. The number of carbonyl (C=O) groups is 2. The van der Waals surface area contributed by atoms with E-state index in [9.17, 15) is 9.59 Å². The third-order valence-electron chi connectivity index (χ3n) is 5.19. The maximum absolute atomic E-state index is 13.2. The minimum atomic E-state index is -0.631. The third-order valence-corrected chi connectivity index (χ3v) is 5.19. The molecular formula is C23H27N3O4. The number of benzene rings is 2. The lowest BCUT2D eigenvalue weighted by Crippen LogP contribution is -2.46. The van der Waals surface area contributed by atoms with Gasteiger partial charge in [0.15, 0.2) is 11.5 Å². The van der Waals surface area contributed by atoms with Crippen LogP contribution < -0.4 is 25.4 Å². The standard InChI is InChI=1S/C23H27N3O4/c1-6-30-18-11-10-16(12-19(18)29-5)21-20(15(4)24-23(28)26-21)22(27)25-17-9-7-8-13(2)14(17)3/h7-12,21H,6H2,1-5H3,(H,25,27)(H2,24,26,28). The second-order valence-electron chi connectivity index (χ2n) is 7.12. The first-order chi connectivity index (χ1) is 14.3. The van der Waals surface area contributed by atoms with E-state index in [0.29, 0.717) is 29.4 Å². The van der Waals surface area contributed by atoms with Crippen molar-refractivity contribution in [2.45, 2.75) is 33.7 Å². The predicted octanol–water partition coefficient (Wildman–Crippen LogP) is 3.98. The number of carbonyl (C=O) groups excluding carboxylic acids is 2. The molecule has 2 aromatic carbocycles. The Labute approximate surface area is 176 Å². The molecular weight excluding hydrogens is 382 g/mol. The SMILES string of the molecule is CCOc1ccc(C2NC(=O)NC(C)=C2C(=O)Nc2cccc(C)c2C)cc1OC. The van der Waals surface area contributed by atoms with Gasteiger partial charge in [-0.05, 0) is 62.6 Å². The van der Waals surface area contributed by atoms with Crippen molar-refractivity contribution in [3.05, 3.63) is 64.4 Å². The fraction of sp³-hybridized carbons (Fsp3) is 0.304. The fourth-order valence-corrected chi connectivity index (χ4v) is 3.46. The molecule has 0 saturated heterocycles. The second-order valence-corrected chi connectivity index (χ2v) is 7.12. The van der Waals surface area contributed by atoms with E-state index in [2.05, 4.69) is 16.0 Å². The lowest BCUT2D eigenvalue weighted by atomic mass is 9.94. The van der Waals surface area contributed by atoms with E-state index < -0.39 is 6.04 Å². The summed E-state index contributed by atoms with van der Waals surface area (Å²) in [7, 11) is 1.55. The summed E-state index contributed by atoms with van der Waals surface area (Å²) in [6.45, 7) is 8.06. The number of hydrogen-bond donors (Lipinski definition) is 3. The summed E-state index contributed by atoms with van der Waals surface area (Å²) in [5.41, 5.74) is 4.47. The summed E-state index contributed by atoms with van der Waals surface area (Å²) in [4.78, 5) is 25.4. The molecule has 2 aromatic rings. The molecule has 158 valence electrons. The van der Waals surface area contributed by atoms with E-state index in [1.54, 1.807) is 26.2 Å². The summed E-state index contributed by atoms with van der Waals surface area (Å²) in [5.74, 6) is 0.853. The number of amides is 3.